The fourth-order valence-corrected chi connectivity index (χ4v) is 4.27. The summed E-state index contributed by atoms with van der Waals surface area (Å²) in [6.07, 6.45) is 3.79. The number of carbonyl (C=O) groups excluding carboxylic acids is 2. The molecule has 0 saturated carbocycles. The van der Waals surface area contributed by atoms with Gasteiger partial charge in [-0.05, 0) is 51.1 Å². The van der Waals surface area contributed by atoms with Crippen LogP contribution in [0.1, 0.15) is 31.2 Å². The summed E-state index contributed by atoms with van der Waals surface area (Å²) < 4.78 is 13.1. The summed E-state index contributed by atoms with van der Waals surface area (Å²) >= 11 is 0. The molecule has 1 unspecified atom stereocenters. The highest BCUT2D eigenvalue weighted by molar-refractivity contribution is 5.79. The highest BCUT2D eigenvalue weighted by Gasteiger charge is 2.42. The van der Waals surface area contributed by atoms with Gasteiger partial charge in [-0.2, -0.15) is 0 Å². The van der Waals surface area contributed by atoms with Crippen molar-refractivity contribution in [2.75, 3.05) is 46.8 Å². The van der Waals surface area contributed by atoms with Crippen LogP contribution in [-0.2, 0) is 16.0 Å². The van der Waals surface area contributed by atoms with Crippen LogP contribution in [0, 0.1) is 11.2 Å². The van der Waals surface area contributed by atoms with E-state index in [9.17, 15) is 14.0 Å². The van der Waals surface area contributed by atoms with Gasteiger partial charge in [-0.1, -0.05) is 12.1 Å². The normalized spacial score (nSPS) is 23.3. The standard InChI is InChI=1S/C21H30FN3O2/c1-23(2)12-13-25-16-21(10-8-19(25)26)9-3-11-24(15-21)20(27)14-17-4-6-18(22)7-5-17/h4-7H,3,8-16H2,1-2H3. The van der Waals surface area contributed by atoms with Gasteiger partial charge in [0.2, 0.25) is 11.8 Å². The number of likely N-dealkylation sites (N-methyl/N-ethyl adjacent to an activating group) is 1. The van der Waals surface area contributed by atoms with Crippen molar-refractivity contribution in [2.45, 2.75) is 32.1 Å². The van der Waals surface area contributed by atoms with Gasteiger partial charge in [-0.15, -0.1) is 0 Å². The average Bonchev–Trinajstić information content (AvgIpc) is 2.64. The molecule has 0 aliphatic carbocycles. The topological polar surface area (TPSA) is 43.9 Å². The Morgan fingerprint density at radius 1 is 1.19 bits per heavy atom. The molecule has 1 spiro atoms. The third kappa shape index (κ3) is 5.06. The van der Waals surface area contributed by atoms with Crippen LogP contribution >= 0.6 is 0 Å². The monoisotopic (exact) mass is 375 g/mol. The van der Waals surface area contributed by atoms with Gasteiger partial charge < -0.3 is 14.7 Å². The molecule has 2 saturated heterocycles. The molecular formula is C21H30FN3O2. The number of carbonyl (C=O) groups is 2. The first-order chi connectivity index (χ1) is 12.9. The van der Waals surface area contributed by atoms with Gasteiger partial charge >= 0.3 is 0 Å². The number of likely N-dealkylation sites (tertiary alicyclic amines) is 2. The fraction of sp³-hybridized carbons (Fsp3) is 0.619. The van der Waals surface area contributed by atoms with Crippen molar-refractivity contribution in [3.05, 3.63) is 35.6 Å². The summed E-state index contributed by atoms with van der Waals surface area (Å²) in [5, 5.41) is 0. The van der Waals surface area contributed by atoms with E-state index in [2.05, 4.69) is 4.90 Å². The molecule has 1 atom stereocenters. The van der Waals surface area contributed by atoms with Crippen molar-refractivity contribution in [1.29, 1.82) is 0 Å². The zero-order valence-electron chi connectivity index (χ0n) is 16.4. The molecule has 148 valence electrons. The minimum atomic E-state index is -0.284. The van der Waals surface area contributed by atoms with Gasteiger partial charge in [0.15, 0.2) is 0 Å². The van der Waals surface area contributed by atoms with Crippen LogP contribution in [0.25, 0.3) is 0 Å². The number of halogens is 1. The number of hydrogen-bond acceptors (Lipinski definition) is 3. The van der Waals surface area contributed by atoms with E-state index in [0.717, 1.165) is 57.5 Å². The lowest BCUT2D eigenvalue weighted by atomic mass is 9.73. The summed E-state index contributed by atoms with van der Waals surface area (Å²) in [4.78, 5) is 31.1. The van der Waals surface area contributed by atoms with Crippen molar-refractivity contribution < 1.29 is 14.0 Å². The summed E-state index contributed by atoms with van der Waals surface area (Å²) in [5.74, 6) is 0.0440. The highest BCUT2D eigenvalue weighted by Crippen LogP contribution is 2.39. The van der Waals surface area contributed by atoms with E-state index < -0.39 is 0 Å². The van der Waals surface area contributed by atoms with E-state index >= 15 is 0 Å². The molecule has 0 bridgehead atoms. The lowest BCUT2D eigenvalue weighted by molar-refractivity contribution is -0.142. The number of amides is 2. The Kier molecular flexibility index (Phi) is 6.15. The van der Waals surface area contributed by atoms with E-state index in [4.69, 9.17) is 0 Å². The predicted molar refractivity (Wildman–Crippen MR) is 103 cm³/mol. The summed E-state index contributed by atoms with van der Waals surface area (Å²) in [5.41, 5.74) is 0.865. The van der Waals surface area contributed by atoms with Crippen molar-refractivity contribution >= 4 is 11.8 Å². The molecule has 2 fully saturated rings. The maximum atomic E-state index is 13.1. The molecule has 0 aromatic heterocycles. The molecular weight excluding hydrogens is 345 g/mol. The lowest BCUT2D eigenvalue weighted by Crippen LogP contribution is -2.56. The summed E-state index contributed by atoms with van der Waals surface area (Å²) in [6.45, 7) is 3.85. The van der Waals surface area contributed by atoms with Crippen LogP contribution in [0.5, 0.6) is 0 Å². The first-order valence-corrected chi connectivity index (χ1v) is 9.82. The van der Waals surface area contributed by atoms with E-state index in [1.807, 2.05) is 23.9 Å². The van der Waals surface area contributed by atoms with Crippen molar-refractivity contribution in [3.8, 4) is 0 Å². The highest BCUT2D eigenvalue weighted by atomic mass is 19.1. The van der Waals surface area contributed by atoms with Crippen LogP contribution in [0.3, 0.4) is 0 Å². The maximum absolute atomic E-state index is 13.1. The second kappa shape index (κ2) is 8.38. The van der Waals surface area contributed by atoms with E-state index in [0.29, 0.717) is 12.8 Å². The molecule has 2 aliphatic heterocycles. The Hall–Kier alpha value is -1.95. The Morgan fingerprint density at radius 3 is 2.63 bits per heavy atom. The third-order valence-corrected chi connectivity index (χ3v) is 5.85. The number of hydrogen-bond donors (Lipinski definition) is 0. The smallest absolute Gasteiger partial charge is 0.227 e. The summed E-state index contributed by atoms with van der Waals surface area (Å²) in [7, 11) is 4.03. The van der Waals surface area contributed by atoms with Crippen LogP contribution in [-0.4, -0.2) is 73.3 Å². The molecule has 3 rings (SSSR count). The molecule has 1 aromatic rings. The Bertz CT molecular complexity index is 677. The van der Waals surface area contributed by atoms with Crippen LogP contribution in [0.2, 0.25) is 0 Å². The summed E-state index contributed by atoms with van der Waals surface area (Å²) in [6, 6.07) is 6.15. The molecule has 5 nitrogen and oxygen atoms in total. The molecule has 0 radical (unpaired) electrons. The van der Waals surface area contributed by atoms with Gasteiger partial charge in [-0.25, -0.2) is 4.39 Å². The zero-order valence-corrected chi connectivity index (χ0v) is 16.4. The largest absolute Gasteiger partial charge is 0.342 e. The molecule has 2 heterocycles. The number of piperidine rings is 2. The SMILES string of the molecule is CN(C)CCN1CC2(CCCN(C(=O)Cc3ccc(F)cc3)C2)CCC1=O. The molecule has 1 aromatic carbocycles. The van der Waals surface area contributed by atoms with Gasteiger partial charge in [0.1, 0.15) is 5.82 Å². The van der Waals surface area contributed by atoms with Gasteiger partial charge in [-0.3, -0.25) is 9.59 Å². The Balaban J connectivity index is 1.62. The Labute approximate surface area is 161 Å². The quantitative estimate of drug-likeness (QED) is 0.792. The van der Waals surface area contributed by atoms with Crippen LogP contribution < -0.4 is 0 Å². The van der Waals surface area contributed by atoms with E-state index in [1.54, 1.807) is 12.1 Å². The van der Waals surface area contributed by atoms with Crippen molar-refractivity contribution in [1.82, 2.24) is 14.7 Å². The van der Waals surface area contributed by atoms with Crippen LogP contribution in [0.15, 0.2) is 24.3 Å². The number of benzene rings is 1. The lowest BCUT2D eigenvalue weighted by Gasteiger charge is -2.48. The molecule has 2 amide bonds. The number of rotatable bonds is 5. The third-order valence-electron chi connectivity index (χ3n) is 5.85. The number of nitrogens with zero attached hydrogens (tertiary/aromatic N) is 3. The first kappa shape index (κ1) is 19.8. The van der Waals surface area contributed by atoms with Gasteiger partial charge in [0.25, 0.3) is 0 Å². The van der Waals surface area contributed by atoms with Crippen molar-refractivity contribution in [3.63, 3.8) is 0 Å². The van der Waals surface area contributed by atoms with Gasteiger partial charge in [0.05, 0.1) is 6.42 Å². The predicted octanol–water partition coefficient (Wildman–Crippen LogP) is 2.16. The zero-order chi connectivity index (χ0) is 19.4. The maximum Gasteiger partial charge on any atom is 0.227 e. The van der Waals surface area contributed by atoms with E-state index in [-0.39, 0.29) is 23.0 Å². The van der Waals surface area contributed by atoms with Gasteiger partial charge in [0, 0.05) is 44.6 Å². The first-order valence-electron chi connectivity index (χ1n) is 9.82. The molecule has 2 aliphatic rings. The second-order valence-electron chi connectivity index (χ2n) is 8.34. The minimum absolute atomic E-state index is 0.0247. The molecule has 0 N–H and O–H groups in total. The molecule has 6 heteroatoms. The van der Waals surface area contributed by atoms with Crippen molar-refractivity contribution in [2.24, 2.45) is 5.41 Å². The van der Waals surface area contributed by atoms with Crippen LogP contribution in [0.4, 0.5) is 4.39 Å². The fourth-order valence-electron chi connectivity index (χ4n) is 4.27. The second-order valence-corrected chi connectivity index (χ2v) is 8.34. The average molecular weight is 375 g/mol. The Morgan fingerprint density at radius 2 is 1.93 bits per heavy atom. The minimum Gasteiger partial charge on any atom is -0.342 e. The molecule has 27 heavy (non-hydrogen) atoms. The van der Waals surface area contributed by atoms with E-state index in [1.165, 1.54) is 12.1 Å².